The molecule has 0 atom stereocenters. The van der Waals surface area contributed by atoms with Gasteiger partial charge >= 0.3 is 5.97 Å². The average Bonchev–Trinajstić information content (AvgIpc) is 2.47. The molecule has 0 aliphatic carbocycles. The van der Waals surface area contributed by atoms with Crippen molar-refractivity contribution in [2.75, 3.05) is 19.8 Å². The van der Waals surface area contributed by atoms with Gasteiger partial charge in [0.2, 0.25) is 0 Å². The first-order valence-corrected chi connectivity index (χ1v) is 9.65. The fraction of sp³-hybridized carbons (Fsp3) is 0.812. The predicted molar refractivity (Wildman–Crippen MR) is 89.6 cm³/mol. The fourth-order valence-electron chi connectivity index (χ4n) is 1.53. The van der Waals surface area contributed by atoms with Crippen molar-refractivity contribution in [2.45, 2.75) is 65.2 Å². The minimum Gasteiger partial charge on any atom is -0.462 e. The Morgan fingerprint density at radius 1 is 1.05 bits per heavy atom. The van der Waals surface area contributed by atoms with Crippen LogP contribution in [0.1, 0.15) is 52.9 Å². The summed E-state index contributed by atoms with van der Waals surface area (Å²) in [6, 6.07) is 1.15. The van der Waals surface area contributed by atoms with Crippen molar-refractivity contribution in [1.29, 1.82) is 0 Å². The van der Waals surface area contributed by atoms with Gasteiger partial charge in [0.05, 0.1) is 19.8 Å². The molecule has 0 aromatic carbocycles. The molecule has 0 saturated heterocycles. The maximum atomic E-state index is 11.8. The van der Waals surface area contributed by atoms with Crippen molar-refractivity contribution >= 4 is 16.2 Å². The fourth-order valence-corrected chi connectivity index (χ4v) is 1.82. The molecule has 4 nitrogen and oxygen atoms in total. The van der Waals surface area contributed by atoms with Gasteiger partial charge in [-0.15, -0.1) is 0 Å². The number of hydrogen-bond donors (Lipinski definition) is 0. The van der Waals surface area contributed by atoms with Crippen LogP contribution in [0.2, 0.25) is 6.04 Å². The molecule has 0 rings (SSSR count). The zero-order valence-corrected chi connectivity index (χ0v) is 16.2. The second kappa shape index (κ2) is 14.3. The Balaban J connectivity index is 4.35. The number of rotatable bonds is 13. The standard InChI is InChI=1S/C16H32O4Si/c1-4-6-9-18-15(19-10-7-5-2)13-14(3)16(17)20-11-8-12-21/h13,15H,4-12H2,1-3,21H3. The molecule has 0 spiro atoms. The van der Waals surface area contributed by atoms with Crippen LogP contribution in [0.25, 0.3) is 0 Å². The van der Waals surface area contributed by atoms with Gasteiger partial charge in [-0.05, 0) is 32.3 Å². The highest BCUT2D eigenvalue weighted by Gasteiger charge is 2.11. The second-order valence-electron chi connectivity index (χ2n) is 5.16. The number of unbranched alkanes of at least 4 members (excludes halogenated alkanes) is 2. The normalized spacial score (nSPS) is 12.1. The maximum absolute atomic E-state index is 11.8. The Labute approximate surface area is 132 Å². The molecular formula is C16H32O4Si. The van der Waals surface area contributed by atoms with E-state index >= 15 is 0 Å². The third-order valence-electron chi connectivity index (χ3n) is 3.00. The molecule has 0 radical (unpaired) electrons. The molecule has 0 saturated carbocycles. The van der Waals surface area contributed by atoms with Crippen LogP contribution in [0.15, 0.2) is 11.6 Å². The van der Waals surface area contributed by atoms with Crippen LogP contribution < -0.4 is 0 Å². The minimum atomic E-state index is -0.450. The molecule has 21 heavy (non-hydrogen) atoms. The molecule has 0 aliphatic rings. The van der Waals surface area contributed by atoms with Gasteiger partial charge in [-0.25, -0.2) is 4.79 Å². The Morgan fingerprint density at radius 3 is 2.10 bits per heavy atom. The van der Waals surface area contributed by atoms with E-state index in [1.807, 2.05) is 0 Å². The van der Waals surface area contributed by atoms with E-state index in [1.54, 1.807) is 13.0 Å². The van der Waals surface area contributed by atoms with Gasteiger partial charge in [-0.3, -0.25) is 0 Å². The van der Waals surface area contributed by atoms with E-state index in [-0.39, 0.29) is 5.97 Å². The van der Waals surface area contributed by atoms with E-state index in [9.17, 15) is 4.79 Å². The summed E-state index contributed by atoms with van der Waals surface area (Å²) in [5, 5.41) is 0. The lowest BCUT2D eigenvalue weighted by Gasteiger charge is -2.16. The van der Waals surface area contributed by atoms with Gasteiger partial charge in [0.1, 0.15) is 0 Å². The number of carbonyl (C=O) groups excluding carboxylic acids is 1. The summed E-state index contributed by atoms with van der Waals surface area (Å²) in [5.41, 5.74) is 0.557. The molecule has 0 N–H and O–H groups in total. The Hall–Kier alpha value is -0.653. The lowest BCUT2D eigenvalue weighted by molar-refractivity contribution is -0.140. The number of ether oxygens (including phenoxy) is 3. The van der Waals surface area contributed by atoms with Gasteiger partial charge in [0, 0.05) is 15.8 Å². The summed E-state index contributed by atoms with van der Waals surface area (Å²) in [4.78, 5) is 11.8. The van der Waals surface area contributed by atoms with Crippen LogP contribution in [0.3, 0.4) is 0 Å². The molecule has 0 aliphatic heterocycles. The van der Waals surface area contributed by atoms with Gasteiger partial charge in [-0.1, -0.05) is 32.7 Å². The molecule has 0 aromatic rings. The number of carbonyl (C=O) groups is 1. The highest BCUT2D eigenvalue weighted by atomic mass is 28.1. The molecule has 0 amide bonds. The van der Waals surface area contributed by atoms with Gasteiger partial charge in [-0.2, -0.15) is 0 Å². The summed E-state index contributed by atoms with van der Waals surface area (Å²) < 4.78 is 16.5. The van der Waals surface area contributed by atoms with Crippen molar-refractivity contribution in [3.8, 4) is 0 Å². The quantitative estimate of drug-likeness (QED) is 0.172. The van der Waals surface area contributed by atoms with Crippen LogP contribution in [-0.2, 0) is 19.0 Å². The van der Waals surface area contributed by atoms with E-state index in [0.29, 0.717) is 25.4 Å². The SMILES string of the molecule is CCCCOC(C=C(C)C(=O)OCCC[SiH3])OCCCC. The first-order valence-electron chi connectivity index (χ1n) is 8.24. The number of esters is 1. The molecule has 5 heteroatoms. The second-order valence-corrected chi connectivity index (χ2v) is 6.16. The molecule has 0 heterocycles. The molecular weight excluding hydrogens is 284 g/mol. The molecule has 124 valence electrons. The largest absolute Gasteiger partial charge is 0.462 e. The molecule has 0 bridgehead atoms. The van der Waals surface area contributed by atoms with Crippen LogP contribution in [0.5, 0.6) is 0 Å². The van der Waals surface area contributed by atoms with Gasteiger partial charge in [0.25, 0.3) is 0 Å². The van der Waals surface area contributed by atoms with E-state index in [4.69, 9.17) is 14.2 Å². The topological polar surface area (TPSA) is 44.8 Å². The zero-order valence-electron chi connectivity index (χ0n) is 14.2. The first kappa shape index (κ1) is 20.3. The third-order valence-corrected chi connectivity index (χ3v) is 3.71. The minimum absolute atomic E-state index is 0.270. The summed E-state index contributed by atoms with van der Waals surface area (Å²) in [7, 11) is 1.15. The number of hydrogen-bond acceptors (Lipinski definition) is 4. The lowest BCUT2D eigenvalue weighted by Crippen LogP contribution is -2.18. The highest BCUT2D eigenvalue weighted by molar-refractivity contribution is 6.08. The van der Waals surface area contributed by atoms with Crippen LogP contribution in [0.4, 0.5) is 0 Å². The molecule has 0 fully saturated rings. The van der Waals surface area contributed by atoms with Gasteiger partial charge in [0.15, 0.2) is 6.29 Å². The van der Waals surface area contributed by atoms with Crippen LogP contribution in [0, 0.1) is 0 Å². The van der Waals surface area contributed by atoms with Crippen molar-refractivity contribution in [3.63, 3.8) is 0 Å². The van der Waals surface area contributed by atoms with Crippen molar-refractivity contribution in [3.05, 3.63) is 11.6 Å². The van der Waals surface area contributed by atoms with Crippen LogP contribution >= 0.6 is 0 Å². The smallest absolute Gasteiger partial charge is 0.333 e. The Morgan fingerprint density at radius 2 is 1.62 bits per heavy atom. The van der Waals surface area contributed by atoms with E-state index in [0.717, 1.165) is 48.4 Å². The molecule has 0 unspecified atom stereocenters. The van der Waals surface area contributed by atoms with Gasteiger partial charge < -0.3 is 14.2 Å². The third kappa shape index (κ3) is 11.7. The van der Waals surface area contributed by atoms with Crippen LogP contribution in [-0.4, -0.2) is 42.3 Å². The maximum Gasteiger partial charge on any atom is 0.333 e. The highest BCUT2D eigenvalue weighted by Crippen LogP contribution is 2.07. The summed E-state index contributed by atoms with van der Waals surface area (Å²) in [5.74, 6) is -0.270. The average molecular weight is 317 g/mol. The predicted octanol–water partition coefficient (Wildman–Crippen LogP) is 2.61. The summed E-state index contributed by atoms with van der Waals surface area (Å²) >= 11 is 0. The van der Waals surface area contributed by atoms with Crippen molar-refractivity contribution < 1.29 is 19.0 Å². The monoisotopic (exact) mass is 316 g/mol. The van der Waals surface area contributed by atoms with Crippen molar-refractivity contribution in [2.24, 2.45) is 0 Å². The lowest BCUT2D eigenvalue weighted by atomic mass is 10.3. The first-order chi connectivity index (χ1) is 10.2. The molecule has 0 aromatic heterocycles. The summed E-state index contributed by atoms with van der Waals surface area (Å²) in [6.45, 7) is 7.78. The Kier molecular flexibility index (Phi) is 13.8. The Bertz CT molecular complexity index is 282. The van der Waals surface area contributed by atoms with Crippen molar-refractivity contribution in [1.82, 2.24) is 0 Å². The zero-order chi connectivity index (χ0) is 15.9. The van der Waals surface area contributed by atoms with E-state index in [1.165, 1.54) is 0 Å². The summed E-state index contributed by atoms with van der Waals surface area (Å²) in [6.07, 6.45) is 6.37. The van der Waals surface area contributed by atoms with E-state index in [2.05, 4.69) is 13.8 Å². The van der Waals surface area contributed by atoms with E-state index < -0.39 is 6.29 Å².